The molecule has 0 bridgehead atoms. The number of fused-ring (bicyclic) bond motifs is 7. The molecule has 9 N–H and O–H groups in total. The van der Waals surface area contributed by atoms with Gasteiger partial charge in [0.2, 0.25) is 0 Å². The van der Waals surface area contributed by atoms with Crippen molar-refractivity contribution < 1.29 is 88.6 Å². The largest absolute Gasteiger partial charge is 0.388 e. The number of nitrogens with zero attached hydrogens (tertiary/aromatic N) is 3. The normalized spacial score (nSPS) is 55.3. The number of carbonyl (C=O) groups is 1. The van der Waals surface area contributed by atoms with Gasteiger partial charge in [-0.3, -0.25) is 4.79 Å². The highest BCUT2D eigenvalue weighted by atomic mass is 16.8. The molecule has 21 nitrogen and oxygen atoms in total. The van der Waals surface area contributed by atoms with Crippen LogP contribution in [-0.4, -0.2) is 190 Å². The summed E-state index contributed by atoms with van der Waals surface area (Å²) in [4.78, 5) is 14.5. The van der Waals surface area contributed by atoms with E-state index >= 15 is 0 Å². The first-order valence-corrected chi connectivity index (χ1v) is 25.4. The van der Waals surface area contributed by atoms with Crippen molar-refractivity contribution in [2.75, 3.05) is 13.2 Å². The van der Waals surface area contributed by atoms with E-state index < -0.39 is 116 Å². The maximum absolute atomic E-state index is 14.5. The minimum atomic E-state index is -1.79. The number of aromatic nitrogens is 3. The highest BCUT2D eigenvalue weighted by Crippen LogP contribution is 2.72. The van der Waals surface area contributed by atoms with Crippen LogP contribution >= 0.6 is 0 Å². The predicted octanol–water partition coefficient (Wildman–Crippen LogP) is -0.420. The van der Waals surface area contributed by atoms with Gasteiger partial charge in [0.15, 0.2) is 30.4 Å². The van der Waals surface area contributed by atoms with Crippen LogP contribution < -0.4 is 0 Å². The second kappa shape index (κ2) is 18.5. The molecule has 21 heteroatoms. The summed E-state index contributed by atoms with van der Waals surface area (Å²) >= 11 is 0. The number of carbonyl (C=O) groups excluding carboxylic acids is 1. The van der Waals surface area contributed by atoms with Gasteiger partial charge < -0.3 is 83.9 Å². The molecular formula is C48H75N3O18. The molecule has 27 atom stereocenters. The molecule has 6 heterocycles. The van der Waals surface area contributed by atoms with Crippen LogP contribution in [0.3, 0.4) is 0 Å². The molecule has 5 aliphatic heterocycles. The van der Waals surface area contributed by atoms with Crippen molar-refractivity contribution in [3.8, 4) is 0 Å². The van der Waals surface area contributed by atoms with E-state index in [0.717, 1.165) is 38.7 Å². The monoisotopic (exact) mass is 982 g/mol. The number of hydrogen-bond acceptors (Lipinski definition) is 20. The van der Waals surface area contributed by atoms with Crippen LogP contribution in [0.15, 0.2) is 6.20 Å². The Morgan fingerprint density at radius 2 is 1.43 bits per heavy atom. The minimum absolute atomic E-state index is 0.0226. The van der Waals surface area contributed by atoms with Gasteiger partial charge in [-0.2, -0.15) is 0 Å². The lowest BCUT2D eigenvalue weighted by Crippen LogP contribution is -2.66. The van der Waals surface area contributed by atoms with Crippen LogP contribution in [0, 0.1) is 46.3 Å². The zero-order valence-corrected chi connectivity index (χ0v) is 40.4. The van der Waals surface area contributed by atoms with Gasteiger partial charge in [-0.15, -0.1) is 5.10 Å². The molecule has 390 valence electrons. The van der Waals surface area contributed by atoms with Gasteiger partial charge in [0.05, 0.1) is 50.4 Å². The number of ketones is 1. The summed E-state index contributed by atoms with van der Waals surface area (Å²) in [5.41, 5.74) is -1.83. The first-order chi connectivity index (χ1) is 32.6. The van der Waals surface area contributed by atoms with Crippen molar-refractivity contribution in [2.45, 2.75) is 222 Å². The molecule has 10 rings (SSSR count). The highest BCUT2D eigenvalue weighted by Gasteiger charge is 2.72. The van der Waals surface area contributed by atoms with Crippen molar-refractivity contribution in [1.82, 2.24) is 15.0 Å². The molecule has 0 aromatic carbocycles. The molecule has 9 fully saturated rings. The van der Waals surface area contributed by atoms with Gasteiger partial charge in [-0.05, 0) is 87.4 Å². The average Bonchev–Trinajstić information content (AvgIpc) is 3.99. The molecule has 0 radical (unpaired) electrons. The Labute approximate surface area is 401 Å². The first kappa shape index (κ1) is 50.7. The Hall–Kier alpha value is -1.87. The van der Waals surface area contributed by atoms with E-state index in [-0.39, 0.29) is 54.1 Å². The molecule has 0 unspecified atom stereocenters. The summed E-state index contributed by atoms with van der Waals surface area (Å²) in [5.74, 6) is 1.20. The first-order valence-electron chi connectivity index (χ1n) is 25.4. The van der Waals surface area contributed by atoms with Crippen LogP contribution in [0.2, 0.25) is 0 Å². The van der Waals surface area contributed by atoms with Crippen molar-refractivity contribution in [3.63, 3.8) is 0 Å². The van der Waals surface area contributed by atoms with E-state index in [9.17, 15) is 50.8 Å². The van der Waals surface area contributed by atoms with E-state index in [2.05, 4.69) is 38.0 Å². The smallest absolute Gasteiger partial charge is 0.187 e. The van der Waals surface area contributed by atoms with Crippen molar-refractivity contribution in [3.05, 3.63) is 11.9 Å². The number of hydrogen-bond donors (Lipinski definition) is 9. The number of aliphatic hydroxyl groups is 9. The standard InChI is InChI=1S/C48H75N3O18/c1-20-7-12-48(64-17-20)21(2)32-29(69-48)14-28-26-13-31(52)47(61)15-25(8-11-46(47,6)27(26)9-10-45(28,32)5)51-16-24(49-50-51)18-62-43-40(60)37(57)41(68-44-39(59)36(56)34(54)23(4)66-44)30(67-43)19-63-42-38(58)35(55)33(53)22(3)65-42/h16,20-23,25-30,32-44,53-61H,7-15,17-19H2,1-6H3/t20-,21+,22+,23+,25+,26-,27+,28+,29+,30-,32+,33+,34+,35-,36-,37-,38-,39-,40-,41-,42-,43-,44+,45+,46-,47+,48-/m1/s1. The van der Waals surface area contributed by atoms with Crippen LogP contribution in [0.1, 0.15) is 111 Å². The lowest BCUT2D eigenvalue weighted by molar-refractivity contribution is -0.365. The van der Waals surface area contributed by atoms with Crippen molar-refractivity contribution in [2.24, 2.45) is 46.3 Å². The van der Waals surface area contributed by atoms with E-state index in [1.807, 2.05) is 0 Å². The molecule has 4 aliphatic carbocycles. The third-order valence-corrected chi connectivity index (χ3v) is 19.2. The minimum Gasteiger partial charge on any atom is -0.388 e. The quantitative estimate of drug-likeness (QED) is 0.152. The average molecular weight is 982 g/mol. The molecule has 0 amide bonds. The Balaban J connectivity index is 0.793. The summed E-state index contributed by atoms with van der Waals surface area (Å²) in [6, 6.07) is -0.342. The fourth-order valence-electron chi connectivity index (χ4n) is 15.0. The Morgan fingerprint density at radius 3 is 2.13 bits per heavy atom. The molecule has 1 spiro atoms. The summed E-state index contributed by atoms with van der Waals surface area (Å²) in [6.45, 7) is 12.0. The van der Waals surface area contributed by atoms with E-state index in [0.29, 0.717) is 42.7 Å². The third kappa shape index (κ3) is 8.20. The number of rotatable bonds is 9. The van der Waals surface area contributed by atoms with Gasteiger partial charge >= 0.3 is 0 Å². The van der Waals surface area contributed by atoms with Gasteiger partial charge in [0.1, 0.15) is 72.3 Å². The van der Waals surface area contributed by atoms with E-state index in [4.69, 9.17) is 37.9 Å². The number of ether oxygens (including phenoxy) is 8. The van der Waals surface area contributed by atoms with Crippen LogP contribution in [0.4, 0.5) is 0 Å². The predicted molar refractivity (Wildman–Crippen MR) is 234 cm³/mol. The summed E-state index contributed by atoms with van der Waals surface area (Å²) in [6.07, 6.45) is -14.1. The molecule has 4 saturated carbocycles. The maximum Gasteiger partial charge on any atom is 0.187 e. The molecule has 69 heavy (non-hydrogen) atoms. The molecule has 1 aromatic rings. The molecule has 5 saturated heterocycles. The summed E-state index contributed by atoms with van der Waals surface area (Å²) in [5, 5.41) is 107. The Bertz CT molecular complexity index is 2010. The SMILES string of the molecule is C[C@@H]1CC[C@@]2(OC1)O[C@H]1C[C@H]3[C@@H]4CC(=O)[C@@]5(O)C[C@@H](n6cc(CO[C@@H]7O[C@H](CO[C@@H]8O[C@@H](C)[C@H](O)[C@@H](O)[C@H]8O)[C@@H](O[C@@H]8O[C@@H](C)[C@H](O)[C@@H](O)[C@H]8O)[C@H](O)[C@H]7O)nn6)CC[C@]5(C)[C@H]4CC[C@]3(C)[C@H]1[C@@H]2C. The summed E-state index contributed by atoms with van der Waals surface area (Å²) < 4.78 is 50.0. The molecular weight excluding hydrogens is 907 g/mol. The van der Waals surface area contributed by atoms with Crippen LogP contribution in [0.5, 0.6) is 0 Å². The fourth-order valence-corrected chi connectivity index (χ4v) is 15.0. The Morgan fingerprint density at radius 1 is 0.768 bits per heavy atom. The van der Waals surface area contributed by atoms with E-state index in [1.54, 1.807) is 10.9 Å². The molecule has 1 aromatic heterocycles. The fraction of sp³-hybridized carbons (Fsp3) is 0.938. The van der Waals surface area contributed by atoms with Crippen LogP contribution in [0.25, 0.3) is 0 Å². The van der Waals surface area contributed by atoms with Gasteiger partial charge in [-0.1, -0.05) is 32.9 Å². The number of Topliss-reactive ketones (excluding diaryl/α,β-unsaturated/α-hetero) is 1. The van der Waals surface area contributed by atoms with Gasteiger partial charge in [0, 0.05) is 30.6 Å². The second-order valence-corrected chi connectivity index (χ2v) is 23.0. The van der Waals surface area contributed by atoms with E-state index in [1.165, 1.54) is 13.8 Å². The highest BCUT2D eigenvalue weighted by molar-refractivity contribution is 5.89. The zero-order chi connectivity index (χ0) is 49.3. The zero-order valence-electron chi connectivity index (χ0n) is 40.4. The third-order valence-electron chi connectivity index (χ3n) is 19.2. The van der Waals surface area contributed by atoms with Crippen LogP contribution in [-0.2, 0) is 49.3 Å². The molecule has 9 aliphatic rings. The van der Waals surface area contributed by atoms with Gasteiger partial charge in [-0.25, -0.2) is 4.68 Å². The van der Waals surface area contributed by atoms with Crippen molar-refractivity contribution in [1.29, 1.82) is 0 Å². The summed E-state index contributed by atoms with van der Waals surface area (Å²) in [7, 11) is 0. The maximum atomic E-state index is 14.5. The van der Waals surface area contributed by atoms with Gasteiger partial charge in [0.25, 0.3) is 0 Å². The second-order valence-electron chi connectivity index (χ2n) is 23.0. The Kier molecular flexibility index (Phi) is 13.6. The topological polar surface area (TPSA) is 304 Å². The lowest BCUT2D eigenvalue weighted by Gasteiger charge is -2.63. The lowest BCUT2D eigenvalue weighted by atomic mass is 9.42. The number of aliphatic hydroxyl groups excluding tert-OH is 8. The van der Waals surface area contributed by atoms with Crippen molar-refractivity contribution >= 4 is 5.78 Å².